The molecule has 0 bridgehead atoms. The first-order valence-electron chi connectivity index (χ1n) is 7.19. The monoisotopic (exact) mass is 346 g/mol. The van der Waals surface area contributed by atoms with Crippen molar-refractivity contribution in [3.8, 4) is 0 Å². The van der Waals surface area contributed by atoms with Crippen LogP contribution in [0.3, 0.4) is 0 Å². The Hall–Kier alpha value is -2.29. The molecule has 0 saturated carbocycles. The van der Waals surface area contributed by atoms with Gasteiger partial charge in [-0.25, -0.2) is 4.79 Å². The van der Waals surface area contributed by atoms with Crippen LogP contribution >= 0.6 is 0 Å². The third-order valence-electron chi connectivity index (χ3n) is 3.98. The molecule has 1 aromatic carbocycles. The summed E-state index contributed by atoms with van der Waals surface area (Å²) < 4.78 is 45.6. The fourth-order valence-corrected chi connectivity index (χ4v) is 2.74. The average molecular weight is 346 g/mol. The van der Waals surface area contributed by atoms with Gasteiger partial charge in [0, 0.05) is 7.05 Å². The lowest BCUT2D eigenvalue weighted by Gasteiger charge is -2.49. The van der Waals surface area contributed by atoms with E-state index in [1.165, 1.54) is 19.1 Å². The number of nitrogens with zero attached hydrogens (tertiary/aromatic N) is 1. The van der Waals surface area contributed by atoms with Crippen molar-refractivity contribution in [1.82, 2.24) is 10.2 Å². The predicted octanol–water partition coefficient (Wildman–Crippen LogP) is 1.81. The second kappa shape index (κ2) is 6.31. The summed E-state index contributed by atoms with van der Waals surface area (Å²) in [5.41, 5.74) is -3.44. The summed E-state index contributed by atoms with van der Waals surface area (Å²) in [5.74, 6) is -3.33. The molecule has 2 rings (SSSR count). The van der Waals surface area contributed by atoms with Crippen LogP contribution in [0.4, 0.5) is 18.0 Å². The van der Waals surface area contributed by atoms with Gasteiger partial charge in [0.25, 0.3) is 5.72 Å². The van der Waals surface area contributed by atoms with Crippen LogP contribution in [0.5, 0.6) is 0 Å². The van der Waals surface area contributed by atoms with Gasteiger partial charge in [-0.1, -0.05) is 30.3 Å². The highest BCUT2D eigenvalue weighted by molar-refractivity contribution is 5.83. The minimum absolute atomic E-state index is 0.0774. The fraction of sp³-hybridized carbons (Fsp3) is 0.467. The molecule has 0 spiro atoms. The van der Waals surface area contributed by atoms with E-state index in [2.05, 4.69) is 5.32 Å². The second-order valence-electron chi connectivity index (χ2n) is 5.35. The summed E-state index contributed by atoms with van der Waals surface area (Å²) in [5, 5.41) is 12.7. The Morgan fingerprint density at radius 1 is 1.38 bits per heavy atom. The molecule has 9 heteroatoms. The molecule has 6 nitrogen and oxygen atoms in total. The highest BCUT2D eigenvalue weighted by Gasteiger charge is 2.69. The number of hydrogen-bond acceptors (Lipinski definition) is 4. The number of nitrogens with one attached hydrogen (secondary N) is 1. The number of carbonyl (C=O) groups is 2. The highest BCUT2D eigenvalue weighted by Crippen LogP contribution is 2.46. The minimum atomic E-state index is -5.26. The van der Waals surface area contributed by atoms with Crippen molar-refractivity contribution < 1.29 is 32.6 Å². The molecule has 1 aliphatic heterocycles. The largest absolute Gasteiger partial charge is 0.466 e. The van der Waals surface area contributed by atoms with E-state index >= 15 is 0 Å². The van der Waals surface area contributed by atoms with E-state index in [1.807, 2.05) is 0 Å². The van der Waals surface area contributed by atoms with Crippen molar-refractivity contribution in [2.45, 2.75) is 24.9 Å². The van der Waals surface area contributed by atoms with Gasteiger partial charge in [0.05, 0.1) is 12.6 Å². The number of halogens is 3. The molecule has 0 aromatic heterocycles. The Balaban J connectivity index is 2.61. The van der Waals surface area contributed by atoms with E-state index < -0.39 is 35.9 Å². The molecule has 1 aromatic rings. The van der Waals surface area contributed by atoms with Crippen LogP contribution in [0.25, 0.3) is 0 Å². The fourth-order valence-electron chi connectivity index (χ4n) is 2.74. The first kappa shape index (κ1) is 18.1. The van der Waals surface area contributed by atoms with Gasteiger partial charge in [0.2, 0.25) is 0 Å². The zero-order chi connectivity index (χ0) is 18.1. The minimum Gasteiger partial charge on any atom is -0.466 e. The van der Waals surface area contributed by atoms with Crippen LogP contribution in [0.2, 0.25) is 0 Å². The third kappa shape index (κ3) is 2.79. The van der Waals surface area contributed by atoms with Gasteiger partial charge in [-0.3, -0.25) is 9.69 Å². The molecular formula is C15H17F3N2O4. The Bertz CT molecular complexity index is 623. The van der Waals surface area contributed by atoms with E-state index in [9.17, 15) is 27.9 Å². The maximum atomic E-state index is 13.6. The summed E-state index contributed by atoms with van der Waals surface area (Å²) in [6.07, 6.45) is -5.26. The number of amides is 2. The van der Waals surface area contributed by atoms with Gasteiger partial charge in [-0.15, -0.1) is 0 Å². The van der Waals surface area contributed by atoms with Gasteiger partial charge in [0.1, 0.15) is 5.92 Å². The maximum Gasteiger partial charge on any atom is 0.437 e. The smallest absolute Gasteiger partial charge is 0.437 e. The lowest BCUT2D eigenvalue weighted by molar-refractivity contribution is -0.328. The molecule has 1 fully saturated rings. The molecule has 1 heterocycles. The number of ether oxygens (including phenoxy) is 1. The topological polar surface area (TPSA) is 78.9 Å². The molecule has 2 N–H and O–H groups in total. The highest BCUT2D eigenvalue weighted by atomic mass is 19.4. The summed E-state index contributed by atoms with van der Waals surface area (Å²) in [4.78, 5) is 24.3. The van der Waals surface area contributed by atoms with Gasteiger partial charge >= 0.3 is 18.2 Å². The Morgan fingerprint density at radius 2 is 1.96 bits per heavy atom. The summed E-state index contributed by atoms with van der Waals surface area (Å²) in [7, 11) is 0.774. The summed E-state index contributed by atoms with van der Waals surface area (Å²) in [6.45, 7) is 1.27. The predicted molar refractivity (Wildman–Crippen MR) is 76.6 cm³/mol. The van der Waals surface area contributed by atoms with Crippen molar-refractivity contribution >= 4 is 12.0 Å². The van der Waals surface area contributed by atoms with Crippen molar-refractivity contribution in [2.24, 2.45) is 5.92 Å². The number of esters is 1. The second-order valence-corrected chi connectivity index (χ2v) is 5.35. The van der Waals surface area contributed by atoms with E-state index in [-0.39, 0.29) is 17.1 Å². The number of aliphatic hydroxyl groups is 1. The van der Waals surface area contributed by atoms with E-state index in [4.69, 9.17) is 4.74 Å². The van der Waals surface area contributed by atoms with Crippen molar-refractivity contribution in [2.75, 3.05) is 13.7 Å². The molecular weight excluding hydrogens is 329 g/mol. The SMILES string of the molecule is CCOC(=O)[C@@H]1[C@H](c2ccccc2)NC(=O)N(C)[C@]1(O)C(F)(F)F. The average Bonchev–Trinajstić information content (AvgIpc) is 2.52. The zero-order valence-corrected chi connectivity index (χ0v) is 13.0. The lowest BCUT2D eigenvalue weighted by Crippen LogP contribution is -2.73. The molecule has 1 saturated heterocycles. The Morgan fingerprint density at radius 3 is 2.46 bits per heavy atom. The normalized spacial score (nSPS) is 27.6. The Kier molecular flexibility index (Phi) is 4.75. The number of hydrogen-bond donors (Lipinski definition) is 2. The molecule has 0 radical (unpaired) electrons. The van der Waals surface area contributed by atoms with Crippen LogP contribution in [0, 0.1) is 5.92 Å². The number of benzene rings is 1. The molecule has 0 aliphatic carbocycles. The van der Waals surface area contributed by atoms with E-state index in [0.29, 0.717) is 0 Å². The van der Waals surface area contributed by atoms with Gasteiger partial charge in [-0.2, -0.15) is 13.2 Å². The van der Waals surface area contributed by atoms with Crippen LogP contribution in [0.15, 0.2) is 30.3 Å². The van der Waals surface area contributed by atoms with Crippen molar-refractivity contribution in [1.29, 1.82) is 0 Å². The van der Waals surface area contributed by atoms with Crippen LogP contribution in [-0.4, -0.2) is 47.6 Å². The standard InChI is InChI=1S/C15H17F3N2O4/c1-3-24-12(21)10-11(9-7-5-4-6-8-9)19-13(22)20(2)14(10,23)15(16,17)18/h4-8,10-11,23H,3H2,1-2H3,(H,19,22)/t10-,11-,14+/m0/s1. The van der Waals surface area contributed by atoms with Gasteiger partial charge in [0.15, 0.2) is 0 Å². The van der Waals surface area contributed by atoms with Gasteiger partial charge in [-0.05, 0) is 12.5 Å². The first-order chi connectivity index (χ1) is 11.1. The van der Waals surface area contributed by atoms with Crippen LogP contribution in [-0.2, 0) is 9.53 Å². The maximum absolute atomic E-state index is 13.6. The molecule has 24 heavy (non-hydrogen) atoms. The summed E-state index contributed by atoms with van der Waals surface area (Å²) >= 11 is 0. The van der Waals surface area contributed by atoms with Gasteiger partial charge < -0.3 is 15.2 Å². The van der Waals surface area contributed by atoms with E-state index in [0.717, 1.165) is 7.05 Å². The van der Waals surface area contributed by atoms with E-state index in [1.54, 1.807) is 18.2 Å². The zero-order valence-electron chi connectivity index (χ0n) is 13.0. The number of alkyl halides is 3. The molecule has 1 aliphatic rings. The van der Waals surface area contributed by atoms with Crippen LogP contribution < -0.4 is 5.32 Å². The molecule has 132 valence electrons. The number of carbonyl (C=O) groups excluding carboxylic acids is 2. The van der Waals surface area contributed by atoms with Crippen LogP contribution in [0.1, 0.15) is 18.5 Å². The number of urea groups is 1. The first-order valence-corrected chi connectivity index (χ1v) is 7.19. The molecule has 2 amide bonds. The molecule has 3 atom stereocenters. The van der Waals surface area contributed by atoms with Crippen molar-refractivity contribution in [3.05, 3.63) is 35.9 Å². The third-order valence-corrected chi connectivity index (χ3v) is 3.98. The molecule has 0 unspecified atom stereocenters. The summed E-state index contributed by atoms with van der Waals surface area (Å²) in [6, 6.07) is 5.11. The number of rotatable bonds is 3. The quantitative estimate of drug-likeness (QED) is 0.819. The lowest BCUT2D eigenvalue weighted by atomic mass is 9.81. The Labute approximate surface area is 136 Å². The van der Waals surface area contributed by atoms with Crippen molar-refractivity contribution in [3.63, 3.8) is 0 Å².